The van der Waals surface area contributed by atoms with E-state index in [1.165, 1.54) is 30.2 Å². The maximum absolute atomic E-state index is 14.6. The quantitative estimate of drug-likeness (QED) is 0.144. The molecule has 8 nitrogen and oxygen atoms in total. The van der Waals surface area contributed by atoms with Gasteiger partial charge in [-0.3, -0.25) is 13.9 Å². The molecule has 0 aliphatic carbocycles. The third kappa shape index (κ3) is 9.28. The van der Waals surface area contributed by atoms with Crippen LogP contribution in [0, 0.1) is 6.92 Å². The molecule has 0 radical (unpaired) electrons. The smallest absolute Gasteiger partial charge is 0.264 e. The molecule has 0 saturated carbocycles. The molecular weight excluding hydrogens is 725 g/mol. The number of aryl methyl sites for hydroxylation is 1. The highest BCUT2D eigenvalue weighted by atomic mass is 79.9. The van der Waals surface area contributed by atoms with E-state index in [0.717, 1.165) is 15.4 Å². The predicted molar refractivity (Wildman–Crippen MR) is 191 cm³/mol. The maximum atomic E-state index is 14.6. The Kier molecular flexibility index (Phi) is 12.7. The van der Waals surface area contributed by atoms with Crippen molar-refractivity contribution in [2.75, 3.05) is 24.5 Å². The number of nitrogens with zero attached hydrogens (tertiary/aromatic N) is 2. The van der Waals surface area contributed by atoms with Gasteiger partial charge in [0.25, 0.3) is 10.0 Å². The van der Waals surface area contributed by atoms with Gasteiger partial charge in [0.2, 0.25) is 11.8 Å². The van der Waals surface area contributed by atoms with Gasteiger partial charge in [0.15, 0.2) is 0 Å². The van der Waals surface area contributed by atoms with Crippen LogP contribution < -0.4 is 14.4 Å². The lowest BCUT2D eigenvalue weighted by Crippen LogP contribution is -2.53. The molecule has 248 valence electrons. The van der Waals surface area contributed by atoms with Crippen molar-refractivity contribution >= 4 is 66.7 Å². The molecule has 0 spiro atoms. The summed E-state index contributed by atoms with van der Waals surface area (Å²) in [6, 6.07) is 24.6. The second-order valence-electron chi connectivity index (χ2n) is 10.9. The first kappa shape index (κ1) is 36.3. The van der Waals surface area contributed by atoms with Crippen molar-refractivity contribution in [3.05, 3.63) is 122 Å². The average Bonchev–Trinajstić information content (AvgIpc) is 3.06. The summed E-state index contributed by atoms with van der Waals surface area (Å²) in [5, 5.41) is 3.57. The first-order chi connectivity index (χ1) is 22.4. The molecule has 47 heavy (non-hydrogen) atoms. The number of amides is 2. The summed E-state index contributed by atoms with van der Waals surface area (Å²) in [7, 11) is -2.80. The third-order valence-corrected chi connectivity index (χ3v) is 10.6. The maximum Gasteiger partial charge on any atom is 0.264 e. The first-order valence-electron chi connectivity index (χ1n) is 14.9. The number of rotatable bonds is 14. The summed E-state index contributed by atoms with van der Waals surface area (Å²) < 4.78 is 35.4. The summed E-state index contributed by atoms with van der Waals surface area (Å²) in [5.74, 6) is -0.482. The highest BCUT2D eigenvalue weighted by molar-refractivity contribution is 9.10. The molecule has 0 bridgehead atoms. The van der Waals surface area contributed by atoms with E-state index in [4.69, 9.17) is 27.9 Å². The van der Waals surface area contributed by atoms with Gasteiger partial charge in [0.1, 0.15) is 18.3 Å². The van der Waals surface area contributed by atoms with E-state index < -0.39 is 28.5 Å². The molecule has 1 atom stereocenters. The molecule has 4 rings (SSSR count). The molecule has 0 aliphatic rings. The standard InChI is InChI=1S/C35H36BrCl2N3O5S/c1-4-18-39-35(43)32(20-25-8-6-5-7-9-25)40(22-26-12-16-30(37)31(38)19-26)34(42)23-41(27-13-10-24(2)11-14-27)47(44,45)28-15-17-33(46-3)29(36)21-28/h5-17,19,21,32H,4,18,20,22-23H2,1-3H3,(H,39,43)/t32-/m1/s1. The Labute approximate surface area is 294 Å². The molecule has 0 heterocycles. The Morgan fingerprint density at radius 3 is 2.23 bits per heavy atom. The Balaban J connectivity index is 1.82. The second-order valence-corrected chi connectivity index (χ2v) is 14.4. The summed E-state index contributed by atoms with van der Waals surface area (Å²) >= 11 is 15.9. The van der Waals surface area contributed by atoms with Crippen molar-refractivity contribution in [2.45, 2.75) is 44.2 Å². The summed E-state index contributed by atoms with van der Waals surface area (Å²) in [6.45, 7) is 3.63. The van der Waals surface area contributed by atoms with Crippen LogP contribution in [0.5, 0.6) is 5.75 Å². The number of anilines is 1. The van der Waals surface area contributed by atoms with E-state index in [1.807, 2.05) is 44.2 Å². The van der Waals surface area contributed by atoms with Crippen molar-refractivity contribution in [1.29, 1.82) is 0 Å². The number of ether oxygens (including phenoxy) is 1. The average molecular weight is 762 g/mol. The fourth-order valence-electron chi connectivity index (χ4n) is 4.93. The zero-order valence-corrected chi connectivity index (χ0v) is 30.2. The van der Waals surface area contributed by atoms with Gasteiger partial charge < -0.3 is 15.0 Å². The van der Waals surface area contributed by atoms with E-state index >= 15 is 0 Å². The van der Waals surface area contributed by atoms with Crippen LogP contribution in [0.3, 0.4) is 0 Å². The lowest BCUT2D eigenvalue weighted by Gasteiger charge is -2.34. The van der Waals surface area contributed by atoms with Gasteiger partial charge in [-0.1, -0.05) is 84.2 Å². The number of sulfonamides is 1. The minimum absolute atomic E-state index is 0.0252. The third-order valence-electron chi connectivity index (χ3n) is 7.47. The van der Waals surface area contributed by atoms with Gasteiger partial charge in [-0.25, -0.2) is 8.42 Å². The van der Waals surface area contributed by atoms with E-state index in [1.54, 1.807) is 42.5 Å². The fraction of sp³-hybridized carbons (Fsp3) is 0.257. The van der Waals surface area contributed by atoms with E-state index in [9.17, 15) is 18.0 Å². The van der Waals surface area contributed by atoms with Gasteiger partial charge >= 0.3 is 0 Å². The minimum atomic E-state index is -4.29. The van der Waals surface area contributed by atoms with Crippen molar-refractivity contribution < 1.29 is 22.7 Å². The van der Waals surface area contributed by atoms with Crippen LogP contribution in [-0.4, -0.2) is 51.4 Å². The lowest BCUT2D eigenvalue weighted by atomic mass is 10.0. The van der Waals surface area contributed by atoms with Gasteiger partial charge in [-0.15, -0.1) is 0 Å². The van der Waals surface area contributed by atoms with Crippen molar-refractivity contribution in [1.82, 2.24) is 10.2 Å². The van der Waals surface area contributed by atoms with Crippen LogP contribution in [0.25, 0.3) is 0 Å². The highest BCUT2D eigenvalue weighted by Gasteiger charge is 2.35. The molecule has 12 heteroatoms. The number of hydrogen-bond acceptors (Lipinski definition) is 5. The first-order valence-corrected chi connectivity index (χ1v) is 17.9. The Bertz CT molecular complexity index is 1810. The van der Waals surface area contributed by atoms with Crippen molar-refractivity contribution in [3.63, 3.8) is 0 Å². The van der Waals surface area contributed by atoms with Crippen LogP contribution in [0.1, 0.15) is 30.0 Å². The largest absolute Gasteiger partial charge is 0.496 e. The number of hydrogen-bond donors (Lipinski definition) is 1. The number of nitrogens with one attached hydrogen (secondary N) is 1. The summed E-state index contributed by atoms with van der Waals surface area (Å²) in [5.41, 5.74) is 2.67. The van der Waals surface area contributed by atoms with Gasteiger partial charge in [0.05, 0.1) is 32.2 Å². The molecule has 0 saturated heterocycles. The van der Waals surface area contributed by atoms with Crippen molar-refractivity contribution in [3.8, 4) is 5.75 Å². The number of benzene rings is 4. The number of methoxy groups -OCH3 is 1. The Hall–Kier alpha value is -3.57. The van der Waals surface area contributed by atoms with Crippen molar-refractivity contribution in [2.24, 2.45) is 0 Å². The molecule has 2 amide bonds. The monoisotopic (exact) mass is 759 g/mol. The Morgan fingerprint density at radius 1 is 0.915 bits per heavy atom. The number of halogens is 3. The minimum Gasteiger partial charge on any atom is -0.496 e. The molecule has 1 N–H and O–H groups in total. The molecule has 0 aliphatic heterocycles. The van der Waals surface area contributed by atoms with Gasteiger partial charge in [0, 0.05) is 19.5 Å². The zero-order valence-electron chi connectivity index (χ0n) is 26.3. The Morgan fingerprint density at radius 2 is 1.62 bits per heavy atom. The highest BCUT2D eigenvalue weighted by Crippen LogP contribution is 2.31. The summed E-state index contributed by atoms with van der Waals surface area (Å²) in [4.78, 5) is 29.7. The molecule has 0 unspecified atom stereocenters. The molecule has 0 fully saturated rings. The molecular formula is C35H36BrCl2N3O5S. The van der Waals surface area contributed by atoms with E-state index in [0.29, 0.717) is 44.5 Å². The van der Waals surface area contributed by atoms with Crippen LogP contribution in [0.4, 0.5) is 5.69 Å². The molecule has 4 aromatic carbocycles. The van der Waals surface area contributed by atoms with Crippen LogP contribution in [0.15, 0.2) is 100 Å². The number of carbonyl (C=O) groups excluding carboxylic acids is 2. The van der Waals surface area contributed by atoms with Gasteiger partial charge in [-0.05, 0) is 82.9 Å². The van der Waals surface area contributed by atoms with Gasteiger partial charge in [-0.2, -0.15) is 0 Å². The lowest BCUT2D eigenvalue weighted by molar-refractivity contribution is -0.140. The van der Waals surface area contributed by atoms with E-state index in [2.05, 4.69) is 21.2 Å². The van der Waals surface area contributed by atoms with Crippen LogP contribution in [0.2, 0.25) is 10.0 Å². The topological polar surface area (TPSA) is 96.0 Å². The number of carbonyl (C=O) groups is 2. The normalized spacial score (nSPS) is 11.9. The second kappa shape index (κ2) is 16.5. The SMILES string of the molecule is CCCNC(=O)[C@@H](Cc1ccccc1)N(Cc1ccc(Cl)c(Cl)c1)C(=O)CN(c1ccc(C)cc1)S(=O)(=O)c1ccc(OC)c(Br)c1. The van der Waals surface area contributed by atoms with E-state index in [-0.39, 0.29) is 23.8 Å². The summed E-state index contributed by atoms with van der Waals surface area (Å²) in [6.07, 6.45) is 0.896. The molecule has 0 aromatic heterocycles. The zero-order chi connectivity index (χ0) is 34.1. The fourth-order valence-corrected chi connectivity index (χ4v) is 7.38. The van der Waals surface area contributed by atoms with Crippen LogP contribution in [-0.2, 0) is 32.6 Å². The molecule has 4 aromatic rings. The predicted octanol–water partition coefficient (Wildman–Crippen LogP) is 7.43. The van der Waals surface area contributed by atoms with Crippen LogP contribution >= 0.6 is 39.1 Å².